The van der Waals surface area contributed by atoms with Crippen molar-refractivity contribution in [2.24, 2.45) is 0 Å². The van der Waals surface area contributed by atoms with Gasteiger partial charge >= 0.3 is 41.8 Å². The van der Waals surface area contributed by atoms with Gasteiger partial charge < -0.3 is 52.5 Å². The molecule has 2 heterocycles. The van der Waals surface area contributed by atoms with E-state index in [4.69, 9.17) is 47.4 Å². The third-order valence-corrected chi connectivity index (χ3v) is 8.83. The van der Waals surface area contributed by atoms with Crippen LogP contribution in [0.15, 0.2) is 0 Å². The van der Waals surface area contributed by atoms with Crippen molar-refractivity contribution in [2.45, 2.75) is 200 Å². The second-order valence-electron chi connectivity index (χ2n) is 14.1. The van der Waals surface area contributed by atoms with E-state index in [0.29, 0.717) is 44.9 Å². The predicted molar refractivity (Wildman–Crippen MR) is 200 cm³/mol. The van der Waals surface area contributed by atoms with E-state index >= 15 is 0 Å². The van der Waals surface area contributed by atoms with Crippen molar-refractivity contribution in [3.8, 4) is 0 Å². The third kappa shape index (κ3) is 16.4. The molecule has 0 bridgehead atoms. The zero-order valence-electron chi connectivity index (χ0n) is 35.0. The normalized spacial score (nSPS) is 26.8. The molecule has 10 atom stereocenters. The molecule has 0 spiro atoms. The molecule has 0 saturated carbocycles. The molecule has 0 amide bonds. The van der Waals surface area contributed by atoms with Crippen LogP contribution >= 0.6 is 0 Å². The highest BCUT2D eigenvalue weighted by molar-refractivity contribution is 5.73. The predicted octanol–water partition coefficient (Wildman–Crippen LogP) is 4.06. The summed E-state index contributed by atoms with van der Waals surface area (Å²) in [5, 5.41) is 11.2. The van der Waals surface area contributed by atoms with Crippen molar-refractivity contribution in [3.05, 3.63) is 0 Å². The summed E-state index contributed by atoms with van der Waals surface area (Å²) >= 11 is 0. The topological polar surface area (TPSA) is 232 Å². The smallest absolute Gasteiger partial charge is 0.306 e. The molecule has 332 valence electrons. The number of aliphatic hydroxyl groups is 1. The summed E-state index contributed by atoms with van der Waals surface area (Å²) in [5.41, 5.74) is 0. The largest absolute Gasteiger partial charge is 0.463 e. The van der Waals surface area contributed by atoms with Gasteiger partial charge in [-0.3, -0.25) is 33.6 Å². The summed E-state index contributed by atoms with van der Waals surface area (Å²) < 4.78 is 58.7. The molecule has 58 heavy (non-hydrogen) atoms. The summed E-state index contributed by atoms with van der Waals surface area (Å²) in [4.78, 5) is 90.8. The molecule has 18 heteroatoms. The van der Waals surface area contributed by atoms with Gasteiger partial charge in [0.1, 0.15) is 31.5 Å². The molecule has 2 aliphatic heterocycles. The van der Waals surface area contributed by atoms with Crippen molar-refractivity contribution in [1.29, 1.82) is 0 Å². The molecule has 2 rings (SSSR count). The average molecular weight is 833 g/mol. The lowest BCUT2D eigenvalue weighted by Gasteiger charge is -2.48. The van der Waals surface area contributed by atoms with Crippen LogP contribution in [-0.4, -0.2) is 122 Å². The third-order valence-electron chi connectivity index (χ3n) is 8.83. The number of hydrogen-bond donors (Lipinski definition) is 1. The lowest BCUT2D eigenvalue weighted by molar-refractivity contribution is -0.357. The van der Waals surface area contributed by atoms with Crippen LogP contribution in [-0.2, 0) is 80.9 Å². The second kappa shape index (κ2) is 27.0. The number of esters is 7. The summed E-state index contributed by atoms with van der Waals surface area (Å²) in [5.74, 6) is -4.98. The van der Waals surface area contributed by atoms with Crippen LogP contribution in [0.5, 0.6) is 0 Å². The maximum atomic E-state index is 13.3. The van der Waals surface area contributed by atoms with Crippen molar-refractivity contribution in [1.82, 2.24) is 0 Å². The van der Waals surface area contributed by atoms with E-state index in [1.54, 1.807) is 48.5 Å². The van der Waals surface area contributed by atoms with E-state index in [1.807, 2.05) is 0 Å². The number of hydrogen-bond acceptors (Lipinski definition) is 18. The molecule has 2 aliphatic rings. The Morgan fingerprint density at radius 2 is 0.707 bits per heavy atom. The lowest BCUT2D eigenvalue weighted by atomic mass is 9.95. The fraction of sp³-hybridized carbons (Fsp3) is 0.825. The zero-order chi connectivity index (χ0) is 43.2. The Balaban J connectivity index is 2.85. The summed E-state index contributed by atoms with van der Waals surface area (Å²) in [6.45, 7) is 11.1. The number of rotatable bonds is 25. The zero-order valence-corrected chi connectivity index (χ0v) is 35.0. The van der Waals surface area contributed by atoms with Gasteiger partial charge in [0.05, 0.1) is 0 Å². The molecule has 0 aromatic heterocycles. The standard InChI is InChI=1S/C40H64O18/c1-8-15-26(41)49-22-24-34(35(54-29(44)18-11-4)37(39(48)51-24)56-31(46)20-13-6)58-40-38(57-32(47)21-14-7)36(55-30(45)19-12-5)33(53-28(43)17-10-3)25(52-40)23-50-27(42)16-9-2/h24-25,33-40,48H,8-23H2,1-7H3. The highest BCUT2D eigenvalue weighted by Gasteiger charge is 2.57. The summed E-state index contributed by atoms with van der Waals surface area (Å²) in [7, 11) is 0. The summed E-state index contributed by atoms with van der Waals surface area (Å²) in [6.07, 6.45) is -13.8. The fourth-order valence-corrected chi connectivity index (χ4v) is 6.11. The Morgan fingerprint density at radius 3 is 1.10 bits per heavy atom. The quantitative estimate of drug-likeness (QED) is 0.101. The number of aliphatic hydroxyl groups excluding tert-OH is 1. The van der Waals surface area contributed by atoms with Gasteiger partial charge in [-0.2, -0.15) is 0 Å². The van der Waals surface area contributed by atoms with E-state index in [1.165, 1.54) is 0 Å². The Hall–Kier alpha value is -3.87. The Bertz CT molecular complexity index is 1320. The first-order chi connectivity index (χ1) is 27.8. The van der Waals surface area contributed by atoms with Crippen LogP contribution < -0.4 is 0 Å². The average Bonchev–Trinajstić information content (AvgIpc) is 3.15. The molecular formula is C40H64O18. The van der Waals surface area contributed by atoms with Crippen molar-refractivity contribution >= 4 is 41.8 Å². The molecular weight excluding hydrogens is 768 g/mol. The molecule has 18 nitrogen and oxygen atoms in total. The van der Waals surface area contributed by atoms with Gasteiger partial charge in [0.2, 0.25) is 0 Å². The molecule has 0 aromatic carbocycles. The van der Waals surface area contributed by atoms with Gasteiger partial charge in [-0.1, -0.05) is 48.5 Å². The first-order valence-electron chi connectivity index (χ1n) is 20.7. The van der Waals surface area contributed by atoms with E-state index in [0.717, 1.165) is 0 Å². The van der Waals surface area contributed by atoms with Gasteiger partial charge in [0.25, 0.3) is 0 Å². The van der Waals surface area contributed by atoms with Gasteiger partial charge in [0, 0.05) is 44.9 Å². The maximum absolute atomic E-state index is 13.3. The fourth-order valence-electron chi connectivity index (χ4n) is 6.11. The molecule has 0 radical (unpaired) electrons. The minimum Gasteiger partial charge on any atom is -0.463 e. The van der Waals surface area contributed by atoms with Crippen molar-refractivity contribution in [3.63, 3.8) is 0 Å². The lowest BCUT2D eigenvalue weighted by Crippen LogP contribution is -2.67. The number of carbonyl (C=O) groups is 7. The number of ether oxygens (including phenoxy) is 10. The Labute approximate surface area is 340 Å². The van der Waals surface area contributed by atoms with E-state index in [9.17, 15) is 38.7 Å². The van der Waals surface area contributed by atoms with Crippen LogP contribution in [0.25, 0.3) is 0 Å². The Morgan fingerprint density at radius 1 is 0.397 bits per heavy atom. The van der Waals surface area contributed by atoms with Gasteiger partial charge in [-0.25, -0.2) is 0 Å². The van der Waals surface area contributed by atoms with E-state index < -0.39 is 116 Å². The molecule has 2 saturated heterocycles. The van der Waals surface area contributed by atoms with Gasteiger partial charge in [0.15, 0.2) is 43.1 Å². The Kier molecular flexibility index (Phi) is 23.4. The van der Waals surface area contributed by atoms with Crippen molar-refractivity contribution < 1.29 is 86.0 Å². The highest BCUT2D eigenvalue weighted by Crippen LogP contribution is 2.35. The van der Waals surface area contributed by atoms with E-state index in [-0.39, 0.29) is 44.9 Å². The SMILES string of the molecule is CCCC(=O)OCC1OC(O)C(OC(=O)CCC)C(OC(=O)CCC)C1OC1OC(COC(=O)CCC)C(OC(=O)CCC)C(OC(=O)CCC)C1OC(=O)CCC. The molecule has 0 aromatic rings. The maximum Gasteiger partial charge on any atom is 0.306 e. The highest BCUT2D eigenvalue weighted by atomic mass is 16.8. The van der Waals surface area contributed by atoms with Crippen LogP contribution in [0.2, 0.25) is 0 Å². The van der Waals surface area contributed by atoms with E-state index in [2.05, 4.69) is 0 Å². The minimum absolute atomic E-state index is 0.0372. The first-order valence-corrected chi connectivity index (χ1v) is 20.7. The molecule has 1 N–H and O–H groups in total. The minimum atomic E-state index is -1.91. The monoisotopic (exact) mass is 832 g/mol. The second-order valence-corrected chi connectivity index (χ2v) is 14.1. The first kappa shape index (κ1) is 50.3. The number of carbonyl (C=O) groups excluding carboxylic acids is 7. The molecule has 10 unspecified atom stereocenters. The van der Waals surface area contributed by atoms with Crippen LogP contribution in [0.3, 0.4) is 0 Å². The summed E-state index contributed by atoms with van der Waals surface area (Å²) in [6, 6.07) is 0. The molecule has 2 fully saturated rings. The van der Waals surface area contributed by atoms with Crippen molar-refractivity contribution in [2.75, 3.05) is 13.2 Å². The van der Waals surface area contributed by atoms with Gasteiger partial charge in [-0.05, 0) is 44.9 Å². The van der Waals surface area contributed by atoms with Crippen LogP contribution in [0.1, 0.15) is 138 Å². The van der Waals surface area contributed by atoms with Crippen LogP contribution in [0, 0.1) is 0 Å². The van der Waals surface area contributed by atoms with Crippen LogP contribution in [0.4, 0.5) is 0 Å². The van der Waals surface area contributed by atoms with Gasteiger partial charge in [-0.15, -0.1) is 0 Å². The molecule has 0 aliphatic carbocycles.